The number of hydrogen-bond donors (Lipinski definition) is 1. The van der Waals surface area contributed by atoms with E-state index in [-0.39, 0.29) is 5.75 Å². The predicted octanol–water partition coefficient (Wildman–Crippen LogP) is 3.40. The number of aliphatic carboxylic acids is 1. The van der Waals surface area contributed by atoms with Gasteiger partial charge in [-0.25, -0.2) is 4.79 Å². The van der Waals surface area contributed by atoms with E-state index in [0.29, 0.717) is 16.7 Å². The number of halogens is 3. The van der Waals surface area contributed by atoms with Gasteiger partial charge in [-0.05, 0) is 43.5 Å². The molecule has 1 aromatic rings. The predicted molar refractivity (Wildman–Crippen MR) is 66.7 cm³/mol. The monoisotopic (exact) mass is 286 g/mol. The zero-order valence-corrected chi connectivity index (χ0v) is 11.1. The lowest BCUT2D eigenvalue weighted by Crippen LogP contribution is -2.40. The Hall–Kier alpha value is -1.98. The van der Waals surface area contributed by atoms with Crippen LogP contribution in [-0.4, -0.2) is 23.4 Å². The topological polar surface area (TPSA) is 46.5 Å². The molecule has 1 aliphatic rings. The normalized spacial score (nSPS) is 18.1. The largest absolute Gasteiger partial charge is 0.478 e. The molecule has 1 N–H and O–H groups in total. The summed E-state index contributed by atoms with van der Waals surface area (Å²) in [7, 11) is 0. The molecule has 0 amide bonds. The second kappa shape index (κ2) is 4.54. The minimum atomic E-state index is -4.77. The molecule has 0 saturated carbocycles. The summed E-state index contributed by atoms with van der Waals surface area (Å²) >= 11 is 0. The molecule has 0 radical (unpaired) electrons. The lowest BCUT2D eigenvalue weighted by atomic mass is 9.93. The zero-order chi connectivity index (χ0) is 15.2. The van der Waals surface area contributed by atoms with Crippen LogP contribution in [0, 0.1) is 20.8 Å². The van der Waals surface area contributed by atoms with Crippen molar-refractivity contribution >= 4 is 12.0 Å². The van der Waals surface area contributed by atoms with Crippen molar-refractivity contribution in [3.63, 3.8) is 0 Å². The van der Waals surface area contributed by atoms with Gasteiger partial charge in [-0.1, -0.05) is 6.07 Å². The van der Waals surface area contributed by atoms with Crippen LogP contribution < -0.4 is 4.74 Å². The van der Waals surface area contributed by atoms with Crippen LogP contribution in [0.2, 0.25) is 0 Å². The molecule has 1 aromatic carbocycles. The molecule has 0 saturated heterocycles. The average molecular weight is 286 g/mol. The summed E-state index contributed by atoms with van der Waals surface area (Å²) < 4.78 is 43.7. The highest BCUT2D eigenvalue weighted by molar-refractivity contribution is 5.95. The van der Waals surface area contributed by atoms with Gasteiger partial charge in [-0.3, -0.25) is 0 Å². The molecule has 108 valence electrons. The summed E-state index contributed by atoms with van der Waals surface area (Å²) in [6.45, 7) is 5.17. The van der Waals surface area contributed by atoms with E-state index in [9.17, 15) is 18.0 Å². The summed E-state index contributed by atoms with van der Waals surface area (Å²) in [4.78, 5) is 11.1. The first kappa shape index (κ1) is 14.4. The zero-order valence-electron chi connectivity index (χ0n) is 11.1. The van der Waals surface area contributed by atoms with Crippen molar-refractivity contribution in [2.45, 2.75) is 33.1 Å². The van der Waals surface area contributed by atoms with Crippen LogP contribution in [-0.2, 0) is 4.79 Å². The van der Waals surface area contributed by atoms with E-state index in [1.54, 1.807) is 19.9 Å². The maximum atomic E-state index is 12.9. The number of carboxylic acid groups (broad SMARTS) is 1. The van der Waals surface area contributed by atoms with Crippen molar-refractivity contribution in [1.82, 2.24) is 0 Å². The Morgan fingerprint density at radius 1 is 1.25 bits per heavy atom. The van der Waals surface area contributed by atoms with Gasteiger partial charge >= 0.3 is 12.1 Å². The number of ether oxygens (including phenoxy) is 1. The lowest BCUT2D eigenvalue weighted by Gasteiger charge is -2.29. The smallest absolute Gasteiger partial charge is 0.430 e. The number of carbonyl (C=O) groups is 1. The Kier molecular flexibility index (Phi) is 3.28. The first-order chi connectivity index (χ1) is 9.12. The van der Waals surface area contributed by atoms with E-state index in [2.05, 4.69) is 0 Å². The first-order valence-corrected chi connectivity index (χ1v) is 5.92. The number of hydrogen-bond acceptors (Lipinski definition) is 2. The maximum absolute atomic E-state index is 12.9. The highest BCUT2D eigenvalue weighted by Crippen LogP contribution is 2.41. The average Bonchev–Trinajstić information content (AvgIpc) is 2.33. The molecule has 1 heterocycles. The van der Waals surface area contributed by atoms with Crippen molar-refractivity contribution in [2.75, 3.05) is 0 Å². The number of aryl methyl sites for hydroxylation is 2. The molecule has 1 atom stereocenters. The Balaban J connectivity index is 2.69. The van der Waals surface area contributed by atoms with E-state index in [1.165, 1.54) is 0 Å². The van der Waals surface area contributed by atoms with Gasteiger partial charge in [0.05, 0.1) is 5.57 Å². The Morgan fingerprint density at radius 3 is 2.35 bits per heavy atom. The summed E-state index contributed by atoms with van der Waals surface area (Å²) in [6.07, 6.45) is -6.14. The third kappa shape index (κ3) is 2.26. The van der Waals surface area contributed by atoms with Crippen LogP contribution >= 0.6 is 0 Å². The van der Waals surface area contributed by atoms with E-state index in [0.717, 1.165) is 11.6 Å². The summed E-state index contributed by atoms with van der Waals surface area (Å²) in [5.74, 6) is -1.53. The molecule has 2 rings (SSSR count). The summed E-state index contributed by atoms with van der Waals surface area (Å²) in [5.41, 5.74) is 1.75. The van der Waals surface area contributed by atoms with Gasteiger partial charge < -0.3 is 9.84 Å². The standard InChI is InChI=1S/C14H13F3O3/c1-6-4-7(2)11-9(8(6)3)5-10(13(18)19)12(20-11)14(15,16)17/h4-5,12H,1-3H3,(H,18,19). The van der Waals surface area contributed by atoms with Crippen molar-refractivity contribution in [2.24, 2.45) is 0 Å². The lowest BCUT2D eigenvalue weighted by molar-refractivity contribution is -0.187. The van der Waals surface area contributed by atoms with E-state index < -0.39 is 23.8 Å². The fraction of sp³-hybridized carbons (Fsp3) is 0.357. The molecule has 1 aliphatic heterocycles. The van der Waals surface area contributed by atoms with Crippen LogP contribution in [0.4, 0.5) is 13.2 Å². The van der Waals surface area contributed by atoms with Crippen LogP contribution in [0.5, 0.6) is 5.75 Å². The molecule has 3 nitrogen and oxygen atoms in total. The Morgan fingerprint density at radius 2 is 1.85 bits per heavy atom. The number of benzene rings is 1. The third-order valence-electron chi connectivity index (χ3n) is 3.39. The highest BCUT2D eigenvalue weighted by atomic mass is 19.4. The quantitative estimate of drug-likeness (QED) is 0.860. The van der Waals surface area contributed by atoms with E-state index in [1.807, 2.05) is 6.92 Å². The van der Waals surface area contributed by atoms with E-state index in [4.69, 9.17) is 9.84 Å². The minimum Gasteiger partial charge on any atom is -0.478 e. The molecule has 0 spiro atoms. The Labute approximate surface area is 113 Å². The fourth-order valence-corrected chi connectivity index (χ4v) is 2.25. The minimum absolute atomic E-state index is 0.0976. The number of alkyl halides is 3. The SMILES string of the molecule is Cc1cc(C)c2c(c1C)C=C(C(=O)O)C(C(F)(F)F)O2. The van der Waals surface area contributed by atoms with Crippen LogP contribution in [0.25, 0.3) is 6.08 Å². The molecule has 0 fully saturated rings. The van der Waals surface area contributed by atoms with Crippen molar-refractivity contribution in [3.05, 3.63) is 33.9 Å². The van der Waals surface area contributed by atoms with Crippen molar-refractivity contribution < 1.29 is 27.8 Å². The fourth-order valence-electron chi connectivity index (χ4n) is 2.25. The first-order valence-electron chi connectivity index (χ1n) is 5.92. The van der Waals surface area contributed by atoms with Crippen LogP contribution in [0.15, 0.2) is 11.6 Å². The molecule has 0 aliphatic carbocycles. The van der Waals surface area contributed by atoms with Gasteiger partial charge in [0, 0.05) is 5.56 Å². The van der Waals surface area contributed by atoms with Gasteiger partial charge in [0.1, 0.15) is 5.75 Å². The number of rotatable bonds is 1. The maximum Gasteiger partial charge on any atom is 0.430 e. The van der Waals surface area contributed by atoms with Crippen molar-refractivity contribution in [3.8, 4) is 5.75 Å². The second-order valence-corrected chi connectivity index (χ2v) is 4.82. The Bertz CT molecular complexity index is 615. The highest BCUT2D eigenvalue weighted by Gasteiger charge is 2.48. The van der Waals surface area contributed by atoms with Crippen molar-refractivity contribution in [1.29, 1.82) is 0 Å². The van der Waals surface area contributed by atoms with Gasteiger partial charge in [0.15, 0.2) is 0 Å². The van der Waals surface area contributed by atoms with Gasteiger partial charge in [0.2, 0.25) is 6.10 Å². The molecular weight excluding hydrogens is 273 g/mol. The number of carboxylic acids is 1. The molecule has 0 aromatic heterocycles. The number of fused-ring (bicyclic) bond motifs is 1. The third-order valence-corrected chi connectivity index (χ3v) is 3.39. The van der Waals surface area contributed by atoms with Crippen LogP contribution in [0.3, 0.4) is 0 Å². The van der Waals surface area contributed by atoms with Crippen LogP contribution in [0.1, 0.15) is 22.3 Å². The molecule has 20 heavy (non-hydrogen) atoms. The molecule has 6 heteroatoms. The second-order valence-electron chi connectivity index (χ2n) is 4.82. The van der Waals surface area contributed by atoms with Gasteiger partial charge in [0.25, 0.3) is 0 Å². The summed E-state index contributed by atoms with van der Waals surface area (Å²) in [6, 6.07) is 1.72. The van der Waals surface area contributed by atoms with E-state index >= 15 is 0 Å². The summed E-state index contributed by atoms with van der Waals surface area (Å²) in [5, 5.41) is 8.98. The molecular formula is C14H13F3O3. The van der Waals surface area contributed by atoms with Gasteiger partial charge in [-0.2, -0.15) is 13.2 Å². The van der Waals surface area contributed by atoms with Gasteiger partial charge in [-0.15, -0.1) is 0 Å². The molecule has 0 bridgehead atoms. The molecule has 1 unspecified atom stereocenters.